The van der Waals surface area contributed by atoms with Crippen molar-refractivity contribution < 1.29 is 0 Å². The highest BCUT2D eigenvalue weighted by Gasteiger charge is 2.23. The molecule has 0 saturated heterocycles. The van der Waals surface area contributed by atoms with E-state index in [1.165, 1.54) is 25.7 Å². The second-order valence-corrected chi connectivity index (χ2v) is 3.27. The van der Waals surface area contributed by atoms with Crippen LogP contribution in [0.5, 0.6) is 0 Å². The van der Waals surface area contributed by atoms with E-state index in [9.17, 15) is 0 Å². The molecule has 0 atom stereocenters. The Kier molecular flexibility index (Phi) is 5.62. The largest absolute Gasteiger partial charge is 0.0654 e. The molecule has 0 N–H and O–H groups in total. The zero-order valence-electron chi connectivity index (χ0n) is 8.54. The van der Waals surface area contributed by atoms with Crippen molar-refractivity contribution in [2.75, 3.05) is 0 Å². The predicted octanol–water partition coefficient (Wildman–Crippen LogP) is 4.08. The third-order valence-corrected chi connectivity index (χ3v) is 2.63. The summed E-state index contributed by atoms with van der Waals surface area (Å²) in [5.41, 5.74) is 0.434. The SMILES string of the molecule is CC[C]C(CC)(CC)CCC. The summed E-state index contributed by atoms with van der Waals surface area (Å²) < 4.78 is 0. The maximum absolute atomic E-state index is 3.60. The molecule has 0 aromatic carbocycles. The Morgan fingerprint density at radius 3 is 1.82 bits per heavy atom. The molecule has 0 heterocycles. The molecule has 0 fully saturated rings. The first kappa shape index (κ1) is 11.0. The van der Waals surface area contributed by atoms with Gasteiger partial charge in [0.25, 0.3) is 0 Å². The Morgan fingerprint density at radius 1 is 1.00 bits per heavy atom. The molecule has 11 heavy (non-hydrogen) atoms. The fraction of sp³-hybridized carbons (Fsp3) is 0.909. The number of rotatable bonds is 6. The Hall–Kier alpha value is 0. The van der Waals surface area contributed by atoms with Gasteiger partial charge in [0.15, 0.2) is 0 Å². The van der Waals surface area contributed by atoms with Crippen LogP contribution in [0.15, 0.2) is 0 Å². The summed E-state index contributed by atoms with van der Waals surface area (Å²) in [6.07, 6.45) is 9.81. The van der Waals surface area contributed by atoms with Crippen LogP contribution in [0.4, 0.5) is 0 Å². The van der Waals surface area contributed by atoms with Gasteiger partial charge in [-0.3, -0.25) is 0 Å². The van der Waals surface area contributed by atoms with Crippen LogP contribution in [0.3, 0.4) is 0 Å². The van der Waals surface area contributed by atoms with Crippen molar-refractivity contribution in [3.63, 3.8) is 0 Å². The highest BCUT2D eigenvalue weighted by molar-refractivity contribution is 4.88. The molecule has 0 bridgehead atoms. The lowest BCUT2D eigenvalue weighted by molar-refractivity contribution is 0.283. The maximum Gasteiger partial charge on any atom is -0.0109 e. The number of hydrogen-bond donors (Lipinski definition) is 0. The normalized spacial score (nSPS) is 12.0. The van der Waals surface area contributed by atoms with Gasteiger partial charge in [0.2, 0.25) is 0 Å². The van der Waals surface area contributed by atoms with E-state index in [1.807, 2.05) is 0 Å². The summed E-state index contributed by atoms with van der Waals surface area (Å²) in [7, 11) is 0. The van der Waals surface area contributed by atoms with Gasteiger partial charge in [-0.05, 0) is 37.5 Å². The third-order valence-electron chi connectivity index (χ3n) is 2.63. The van der Waals surface area contributed by atoms with Crippen molar-refractivity contribution in [1.82, 2.24) is 0 Å². The van der Waals surface area contributed by atoms with Crippen molar-refractivity contribution in [3.05, 3.63) is 6.42 Å². The molecule has 0 heteroatoms. The van der Waals surface area contributed by atoms with Gasteiger partial charge in [-0.25, -0.2) is 0 Å². The number of hydrogen-bond acceptors (Lipinski definition) is 0. The Morgan fingerprint density at radius 2 is 1.55 bits per heavy atom. The lowest BCUT2D eigenvalue weighted by atomic mass is 9.75. The molecule has 0 aliphatic heterocycles. The van der Waals surface area contributed by atoms with Crippen molar-refractivity contribution >= 4 is 0 Å². The van der Waals surface area contributed by atoms with Gasteiger partial charge < -0.3 is 0 Å². The quantitative estimate of drug-likeness (QED) is 0.540. The maximum atomic E-state index is 3.60. The van der Waals surface area contributed by atoms with Crippen molar-refractivity contribution in [2.45, 2.75) is 59.8 Å². The van der Waals surface area contributed by atoms with Crippen LogP contribution < -0.4 is 0 Å². The monoisotopic (exact) mass is 154 g/mol. The van der Waals surface area contributed by atoms with Gasteiger partial charge in [-0.1, -0.05) is 34.1 Å². The molecule has 0 aliphatic rings. The molecule has 0 saturated carbocycles. The summed E-state index contributed by atoms with van der Waals surface area (Å²) in [5, 5.41) is 0. The molecular weight excluding hydrogens is 132 g/mol. The van der Waals surface area contributed by atoms with Crippen LogP contribution in [0.2, 0.25) is 0 Å². The first-order valence-corrected chi connectivity index (χ1v) is 4.99. The van der Waals surface area contributed by atoms with E-state index in [0.29, 0.717) is 5.41 Å². The van der Waals surface area contributed by atoms with Gasteiger partial charge in [0.05, 0.1) is 0 Å². The van der Waals surface area contributed by atoms with Crippen LogP contribution in [-0.4, -0.2) is 0 Å². The van der Waals surface area contributed by atoms with Crippen LogP contribution in [0, 0.1) is 11.8 Å². The lowest BCUT2D eigenvalue weighted by Gasteiger charge is -2.30. The van der Waals surface area contributed by atoms with Gasteiger partial charge in [0, 0.05) is 0 Å². The van der Waals surface area contributed by atoms with Crippen molar-refractivity contribution in [3.8, 4) is 0 Å². The molecule has 0 aromatic rings. The fourth-order valence-electron chi connectivity index (χ4n) is 1.80. The standard InChI is InChI=1S/C11H22/c1-5-9-11(7-3,8-4)10-6-2/h5-9H2,1-4H3. The average Bonchev–Trinajstić information content (AvgIpc) is 2.04. The minimum atomic E-state index is 0.434. The molecule has 2 radical (unpaired) electrons. The molecule has 0 spiro atoms. The van der Waals surface area contributed by atoms with Crippen molar-refractivity contribution in [1.29, 1.82) is 0 Å². The van der Waals surface area contributed by atoms with Gasteiger partial charge in [-0.2, -0.15) is 0 Å². The highest BCUT2D eigenvalue weighted by Crippen LogP contribution is 2.35. The molecule has 0 rings (SSSR count). The van der Waals surface area contributed by atoms with E-state index in [-0.39, 0.29) is 0 Å². The second-order valence-electron chi connectivity index (χ2n) is 3.27. The van der Waals surface area contributed by atoms with E-state index in [1.54, 1.807) is 0 Å². The molecule has 0 unspecified atom stereocenters. The van der Waals surface area contributed by atoms with E-state index < -0.39 is 0 Å². The minimum Gasteiger partial charge on any atom is -0.0654 e. The predicted molar refractivity (Wildman–Crippen MR) is 51.5 cm³/mol. The van der Waals surface area contributed by atoms with Gasteiger partial charge in [-0.15, -0.1) is 0 Å². The van der Waals surface area contributed by atoms with Gasteiger partial charge >= 0.3 is 0 Å². The Balaban J connectivity index is 3.96. The molecule has 0 aromatic heterocycles. The average molecular weight is 154 g/mol. The zero-order chi connectivity index (χ0) is 8.74. The minimum absolute atomic E-state index is 0.434. The summed E-state index contributed by atoms with van der Waals surface area (Å²) in [4.78, 5) is 0. The summed E-state index contributed by atoms with van der Waals surface area (Å²) in [6.45, 7) is 9.01. The third kappa shape index (κ3) is 3.27. The van der Waals surface area contributed by atoms with E-state index >= 15 is 0 Å². The van der Waals surface area contributed by atoms with E-state index in [2.05, 4.69) is 34.1 Å². The van der Waals surface area contributed by atoms with Crippen LogP contribution in [0.1, 0.15) is 59.8 Å². The van der Waals surface area contributed by atoms with Gasteiger partial charge in [0.1, 0.15) is 0 Å². The summed E-state index contributed by atoms with van der Waals surface area (Å²) >= 11 is 0. The second kappa shape index (κ2) is 5.62. The van der Waals surface area contributed by atoms with Crippen LogP contribution >= 0.6 is 0 Å². The van der Waals surface area contributed by atoms with E-state index in [0.717, 1.165) is 6.42 Å². The highest BCUT2D eigenvalue weighted by atomic mass is 14.3. The molecule has 0 aliphatic carbocycles. The van der Waals surface area contributed by atoms with Crippen LogP contribution in [-0.2, 0) is 0 Å². The fourth-order valence-corrected chi connectivity index (χ4v) is 1.80. The lowest BCUT2D eigenvalue weighted by Crippen LogP contribution is -2.18. The van der Waals surface area contributed by atoms with Crippen molar-refractivity contribution in [2.24, 2.45) is 5.41 Å². The molecule has 0 amide bonds. The topological polar surface area (TPSA) is 0 Å². The summed E-state index contributed by atoms with van der Waals surface area (Å²) in [5.74, 6) is 0. The first-order chi connectivity index (χ1) is 5.24. The van der Waals surface area contributed by atoms with E-state index in [4.69, 9.17) is 0 Å². The Bertz CT molecular complexity index is 72.0. The summed E-state index contributed by atoms with van der Waals surface area (Å²) in [6, 6.07) is 0. The molecular formula is C11H22. The zero-order valence-corrected chi connectivity index (χ0v) is 8.54. The smallest absolute Gasteiger partial charge is 0.0109 e. The molecule has 66 valence electrons. The van der Waals surface area contributed by atoms with Crippen LogP contribution in [0.25, 0.3) is 0 Å². The first-order valence-electron chi connectivity index (χ1n) is 4.99. The molecule has 0 nitrogen and oxygen atoms in total. The Labute approximate surface area is 72.4 Å².